The first-order valence-corrected chi connectivity index (χ1v) is 8.01. The normalized spacial score (nSPS) is 11.6. The Kier molecular flexibility index (Phi) is 6.70. The van der Waals surface area contributed by atoms with Crippen molar-refractivity contribution in [1.29, 1.82) is 0 Å². The number of hydrogen-bond acceptors (Lipinski definition) is 5. The van der Waals surface area contributed by atoms with Crippen molar-refractivity contribution >= 4 is 17.6 Å². The lowest BCUT2D eigenvalue weighted by atomic mass is 10.2. The van der Waals surface area contributed by atoms with E-state index < -0.39 is 24.6 Å². The Hall–Kier alpha value is -3.16. The van der Waals surface area contributed by atoms with Crippen LogP contribution in [0.2, 0.25) is 0 Å². The number of alkyl halides is 2. The number of carbonyl (C=O) groups is 2. The van der Waals surface area contributed by atoms with Gasteiger partial charge in [0.2, 0.25) is 0 Å². The molecule has 0 radical (unpaired) electrons. The maximum absolute atomic E-state index is 12.3. The molecule has 1 N–H and O–H groups in total. The highest BCUT2D eigenvalue weighted by molar-refractivity contribution is 5.98. The minimum atomic E-state index is -2.95. The molecule has 0 unspecified atom stereocenters. The molecule has 0 aliphatic heterocycles. The van der Waals surface area contributed by atoms with Crippen LogP contribution in [0.25, 0.3) is 0 Å². The molecule has 0 saturated heterocycles. The summed E-state index contributed by atoms with van der Waals surface area (Å²) in [7, 11) is 1.48. The maximum atomic E-state index is 12.3. The molecule has 0 saturated carbocycles. The van der Waals surface area contributed by atoms with Gasteiger partial charge in [0.1, 0.15) is 11.5 Å². The Morgan fingerprint density at radius 1 is 1.07 bits per heavy atom. The fraction of sp³-hybridized carbons (Fsp3) is 0.263. The number of carbonyl (C=O) groups excluding carboxylic acids is 2. The number of ether oxygens (including phenoxy) is 3. The second-order valence-electron chi connectivity index (χ2n) is 5.64. The van der Waals surface area contributed by atoms with E-state index in [1.807, 2.05) is 13.0 Å². The summed E-state index contributed by atoms with van der Waals surface area (Å²) in [4.78, 5) is 24.4. The van der Waals surface area contributed by atoms with Crippen LogP contribution in [0, 0.1) is 6.92 Å². The molecule has 2 rings (SSSR count). The van der Waals surface area contributed by atoms with E-state index in [4.69, 9.17) is 9.47 Å². The molecule has 0 heterocycles. The number of methoxy groups -OCH3 is 1. The molecule has 0 aliphatic rings. The summed E-state index contributed by atoms with van der Waals surface area (Å²) < 4.78 is 38.8. The third kappa shape index (κ3) is 5.67. The van der Waals surface area contributed by atoms with Crippen LogP contribution in [-0.2, 0) is 9.53 Å². The molecule has 1 atom stereocenters. The number of amides is 1. The maximum Gasteiger partial charge on any atom is 0.387 e. The number of benzene rings is 2. The minimum absolute atomic E-state index is 0.0844. The minimum Gasteiger partial charge on any atom is -0.495 e. The van der Waals surface area contributed by atoms with Crippen LogP contribution < -0.4 is 14.8 Å². The number of hydrogen-bond donors (Lipinski definition) is 1. The van der Waals surface area contributed by atoms with Crippen molar-refractivity contribution in [3.05, 3.63) is 53.6 Å². The van der Waals surface area contributed by atoms with E-state index in [1.165, 1.54) is 38.3 Å². The second-order valence-corrected chi connectivity index (χ2v) is 5.64. The van der Waals surface area contributed by atoms with Crippen LogP contribution in [-0.4, -0.2) is 31.7 Å². The Balaban J connectivity index is 1.99. The monoisotopic (exact) mass is 379 g/mol. The molecule has 0 spiro atoms. The number of anilines is 1. The van der Waals surface area contributed by atoms with Gasteiger partial charge in [-0.1, -0.05) is 6.07 Å². The van der Waals surface area contributed by atoms with Crippen molar-refractivity contribution in [1.82, 2.24) is 0 Å². The van der Waals surface area contributed by atoms with Gasteiger partial charge in [-0.15, -0.1) is 0 Å². The third-order valence-electron chi connectivity index (χ3n) is 3.58. The average molecular weight is 379 g/mol. The molecular weight excluding hydrogens is 360 g/mol. The van der Waals surface area contributed by atoms with Gasteiger partial charge in [0.25, 0.3) is 5.91 Å². The lowest BCUT2D eigenvalue weighted by Gasteiger charge is -2.15. The van der Waals surface area contributed by atoms with Crippen molar-refractivity contribution in [2.24, 2.45) is 0 Å². The van der Waals surface area contributed by atoms with Crippen molar-refractivity contribution in [3.8, 4) is 11.5 Å². The van der Waals surface area contributed by atoms with Gasteiger partial charge in [-0.25, -0.2) is 4.79 Å². The average Bonchev–Trinajstić information content (AvgIpc) is 2.61. The van der Waals surface area contributed by atoms with Gasteiger partial charge in [0.15, 0.2) is 6.10 Å². The third-order valence-corrected chi connectivity index (χ3v) is 3.58. The fourth-order valence-electron chi connectivity index (χ4n) is 2.21. The number of aryl methyl sites for hydroxylation is 1. The van der Waals surface area contributed by atoms with Gasteiger partial charge in [-0.05, 0) is 55.8 Å². The SMILES string of the molecule is COc1ccc(C)cc1NC(=O)[C@H](C)OC(=O)c1ccc(OC(F)F)cc1. The largest absolute Gasteiger partial charge is 0.495 e. The summed E-state index contributed by atoms with van der Waals surface area (Å²) >= 11 is 0. The molecule has 2 aromatic rings. The summed E-state index contributed by atoms with van der Waals surface area (Å²) in [5.41, 5.74) is 1.48. The van der Waals surface area contributed by atoms with Gasteiger partial charge in [-0.3, -0.25) is 4.79 Å². The first-order valence-electron chi connectivity index (χ1n) is 8.01. The van der Waals surface area contributed by atoms with Crippen molar-refractivity contribution in [2.45, 2.75) is 26.6 Å². The number of esters is 1. The molecule has 2 aromatic carbocycles. The van der Waals surface area contributed by atoms with E-state index in [2.05, 4.69) is 10.1 Å². The number of halogens is 2. The van der Waals surface area contributed by atoms with Crippen LogP contribution in [0.4, 0.5) is 14.5 Å². The van der Waals surface area contributed by atoms with Crippen LogP contribution in [0.3, 0.4) is 0 Å². The zero-order valence-corrected chi connectivity index (χ0v) is 15.0. The van der Waals surface area contributed by atoms with Crippen LogP contribution in [0.15, 0.2) is 42.5 Å². The van der Waals surface area contributed by atoms with Gasteiger partial charge >= 0.3 is 12.6 Å². The summed E-state index contributed by atoms with van der Waals surface area (Å²) in [6.07, 6.45) is -1.08. The van der Waals surface area contributed by atoms with E-state index in [0.717, 1.165) is 5.56 Å². The lowest BCUT2D eigenvalue weighted by Crippen LogP contribution is -2.30. The predicted octanol–water partition coefficient (Wildman–Crippen LogP) is 3.79. The van der Waals surface area contributed by atoms with Crippen molar-refractivity contribution in [3.63, 3.8) is 0 Å². The second kappa shape index (κ2) is 8.98. The molecule has 6 nitrogen and oxygen atoms in total. The molecular formula is C19H19F2NO5. The Morgan fingerprint density at radius 2 is 1.74 bits per heavy atom. The highest BCUT2D eigenvalue weighted by Crippen LogP contribution is 2.25. The highest BCUT2D eigenvalue weighted by Gasteiger charge is 2.20. The highest BCUT2D eigenvalue weighted by atomic mass is 19.3. The number of rotatable bonds is 7. The molecule has 0 aliphatic carbocycles. The van der Waals surface area contributed by atoms with Crippen molar-refractivity contribution < 1.29 is 32.6 Å². The van der Waals surface area contributed by atoms with E-state index in [-0.39, 0.29) is 11.3 Å². The molecule has 27 heavy (non-hydrogen) atoms. The molecule has 144 valence electrons. The van der Waals surface area contributed by atoms with Gasteiger partial charge in [-0.2, -0.15) is 8.78 Å². The zero-order valence-electron chi connectivity index (χ0n) is 15.0. The van der Waals surface area contributed by atoms with Crippen LogP contribution in [0.5, 0.6) is 11.5 Å². The Bertz CT molecular complexity index is 808. The van der Waals surface area contributed by atoms with Gasteiger partial charge < -0.3 is 19.5 Å². The fourth-order valence-corrected chi connectivity index (χ4v) is 2.21. The lowest BCUT2D eigenvalue weighted by molar-refractivity contribution is -0.123. The molecule has 0 fully saturated rings. The molecule has 8 heteroatoms. The van der Waals surface area contributed by atoms with Crippen LogP contribution in [0.1, 0.15) is 22.8 Å². The van der Waals surface area contributed by atoms with Crippen molar-refractivity contribution in [2.75, 3.05) is 12.4 Å². The standard InChI is InChI=1S/C19H19F2NO5/c1-11-4-9-16(25-3)15(10-11)22-17(23)12(2)26-18(24)13-5-7-14(8-6-13)27-19(20)21/h4-10,12,19H,1-3H3,(H,22,23)/t12-/m0/s1. The zero-order chi connectivity index (χ0) is 20.0. The Labute approximate surface area is 155 Å². The summed E-state index contributed by atoms with van der Waals surface area (Å²) in [6.45, 7) is 0.328. The van der Waals surface area contributed by atoms with E-state index in [0.29, 0.717) is 11.4 Å². The number of nitrogens with one attached hydrogen (secondary N) is 1. The van der Waals surface area contributed by atoms with E-state index in [9.17, 15) is 18.4 Å². The van der Waals surface area contributed by atoms with E-state index >= 15 is 0 Å². The van der Waals surface area contributed by atoms with Crippen LogP contribution >= 0.6 is 0 Å². The summed E-state index contributed by atoms with van der Waals surface area (Å²) in [6, 6.07) is 10.2. The summed E-state index contributed by atoms with van der Waals surface area (Å²) in [5, 5.41) is 2.65. The van der Waals surface area contributed by atoms with Gasteiger partial charge in [0.05, 0.1) is 18.4 Å². The molecule has 1 amide bonds. The van der Waals surface area contributed by atoms with E-state index in [1.54, 1.807) is 12.1 Å². The van der Waals surface area contributed by atoms with Gasteiger partial charge in [0, 0.05) is 0 Å². The topological polar surface area (TPSA) is 73.9 Å². The predicted molar refractivity (Wildman–Crippen MR) is 94.3 cm³/mol. The summed E-state index contributed by atoms with van der Waals surface area (Å²) in [5.74, 6) is -0.914. The molecule has 0 bridgehead atoms. The first-order chi connectivity index (χ1) is 12.8. The Morgan fingerprint density at radius 3 is 2.33 bits per heavy atom. The molecule has 0 aromatic heterocycles. The smallest absolute Gasteiger partial charge is 0.387 e. The first kappa shape index (κ1) is 20.2. The quantitative estimate of drug-likeness (QED) is 0.741.